The van der Waals surface area contributed by atoms with Gasteiger partial charge in [-0.2, -0.15) is 0 Å². The quantitative estimate of drug-likeness (QED) is 0.451. The maximum Gasteiger partial charge on any atom is 0.264 e. The van der Waals surface area contributed by atoms with Gasteiger partial charge in [0.1, 0.15) is 6.54 Å². The highest BCUT2D eigenvalue weighted by atomic mass is 35.5. The molecule has 0 aliphatic carbocycles. The largest absolute Gasteiger partial charge is 0.493 e. The molecule has 3 rings (SSSR count). The molecule has 0 saturated heterocycles. The van der Waals surface area contributed by atoms with Crippen LogP contribution < -0.4 is 13.8 Å². The van der Waals surface area contributed by atoms with E-state index in [9.17, 15) is 13.2 Å². The molecule has 7 nitrogen and oxygen atoms in total. The molecule has 0 fully saturated rings. The van der Waals surface area contributed by atoms with Gasteiger partial charge in [0.25, 0.3) is 10.0 Å². The third kappa shape index (κ3) is 5.77. The zero-order valence-corrected chi connectivity index (χ0v) is 20.1. The van der Waals surface area contributed by atoms with Crippen molar-refractivity contribution in [2.45, 2.75) is 11.4 Å². The lowest BCUT2D eigenvalue weighted by atomic mass is 10.2. The van der Waals surface area contributed by atoms with E-state index in [1.54, 1.807) is 49.5 Å². The second-order valence-electron chi connectivity index (χ2n) is 7.24. The van der Waals surface area contributed by atoms with Crippen LogP contribution in [-0.2, 0) is 21.4 Å². The van der Waals surface area contributed by atoms with E-state index in [-0.39, 0.29) is 16.5 Å². The Morgan fingerprint density at radius 1 is 0.909 bits per heavy atom. The summed E-state index contributed by atoms with van der Waals surface area (Å²) in [6.45, 7) is -0.0854. The van der Waals surface area contributed by atoms with Crippen molar-refractivity contribution >= 4 is 33.2 Å². The molecule has 0 unspecified atom stereocenters. The summed E-state index contributed by atoms with van der Waals surface area (Å²) in [5, 5.41) is 0.598. The lowest BCUT2D eigenvalue weighted by Gasteiger charge is -2.27. The molecule has 0 heterocycles. The molecular weight excluding hydrogens is 464 g/mol. The summed E-state index contributed by atoms with van der Waals surface area (Å²) in [6.07, 6.45) is 0. The minimum atomic E-state index is -4.03. The number of anilines is 1. The zero-order valence-electron chi connectivity index (χ0n) is 18.6. The van der Waals surface area contributed by atoms with Gasteiger partial charge in [0.05, 0.1) is 24.8 Å². The third-order valence-electron chi connectivity index (χ3n) is 5.02. The van der Waals surface area contributed by atoms with E-state index >= 15 is 0 Å². The normalized spacial score (nSPS) is 11.0. The number of carbonyl (C=O) groups is 1. The number of halogens is 1. The fourth-order valence-corrected chi connectivity index (χ4v) is 4.76. The number of ether oxygens (including phenoxy) is 2. The number of carbonyl (C=O) groups excluding carboxylic acids is 1. The second-order valence-corrected chi connectivity index (χ2v) is 9.54. The maximum atomic E-state index is 13.5. The zero-order chi connectivity index (χ0) is 24.0. The van der Waals surface area contributed by atoms with Crippen LogP contribution in [0.3, 0.4) is 0 Å². The number of benzene rings is 3. The monoisotopic (exact) mass is 488 g/mol. The first-order valence-electron chi connectivity index (χ1n) is 10.0. The Labute approximate surface area is 199 Å². The molecule has 0 aliphatic heterocycles. The van der Waals surface area contributed by atoms with Crippen molar-refractivity contribution in [3.05, 3.63) is 83.4 Å². The average molecular weight is 489 g/mol. The molecule has 0 aromatic heterocycles. The lowest BCUT2D eigenvalue weighted by Crippen LogP contribution is -2.41. The summed E-state index contributed by atoms with van der Waals surface area (Å²) in [5.41, 5.74) is 1.16. The van der Waals surface area contributed by atoms with Crippen LogP contribution in [0.15, 0.2) is 77.7 Å². The third-order valence-corrected chi connectivity index (χ3v) is 7.06. The second kappa shape index (κ2) is 10.6. The molecule has 1 amide bonds. The van der Waals surface area contributed by atoms with Gasteiger partial charge in [-0.1, -0.05) is 41.9 Å². The first kappa shape index (κ1) is 24.4. The first-order valence-corrected chi connectivity index (χ1v) is 11.9. The lowest BCUT2D eigenvalue weighted by molar-refractivity contribution is -0.128. The smallest absolute Gasteiger partial charge is 0.264 e. The van der Waals surface area contributed by atoms with E-state index in [1.807, 2.05) is 12.1 Å². The number of hydrogen-bond acceptors (Lipinski definition) is 5. The molecule has 0 N–H and O–H groups in total. The standard InChI is InChI=1S/C24H25ClN2O5S/c1-26(16-18-9-11-19(25)12-10-18)24(28)17-27(33(29,30)21-7-5-4-6-8-21)20-13-14-22(31-2)23(15-20)32-3/h4-15H,16-17H2,1-3H3. The molecule has 174 valence electrons. The van der Waals surface area contributed by atoms with Gasteiger partial charge >= 0.3 is 0 Å². The van der Waals surface area contributed by atoms with Gasteiger partial charge in [-0.15, -0.1) is 0 Å². The van der Waals surface area contributed by atoms with E-state index in [4.69, 9.17) is 21.1 Å². The molecule has 0 aliphatic rings. The average Bonchev–Trinajstić information content (AvgIpc) is 2.83. The molecule has 3 aromatic carbocycles. The van der Waals surface area contributed by atoms with E-state index in [0.29, 0.717) is 23.1 Å². The highest BCUT2D eigenvalue weighted by Crippen LogP contribution is 2.33. The number of methoxy groups -OCH3 is 2. The number of amides is 1. The van der Waals surface area contributed by atoms with Crippen LogP contribution >= 0.6 is 11.6 Å². The van der Waals surface area contributed by atoms with Crippen molar-refractivity contribution in [3.8, 4) is 11.5 Å². The van der Waals surface area contributed by atoms with Crippen molar-refractivity contribution in [1.29, 1.82) is 0 Å². The molecular formula is C24H25ClN2O5S. The molecule has 3 aromatic rings. The fraction of sp³-hybridized carbons (Fsp3) is 0.208. The van der Waals surface area contributed by atoms with Crippen molar-refractivity contribution < 1.29 is 22.7 Å². The Morgan fingerprint density at radius 2 is 1.55 bits per heavy atom. The predicted octanol–water partition coefficient (Wildman–Crippen LogP) is 4.21. The Balaban J connectivity index is 1.95. The van der Waals surface area contributed by atoms with Crippen LogP contribution in [0, 0.1) is 0 Å². The minimum absolute atomic E-state index is 0.0768. The number of likely N-dealkylation sites (N-methyl/N-ethyl adjacent to an activating group) is 1. The van der Waals surface area contributed by atoms with Gasteiger partial charge in [0, 0.05) is 24.7 Å². The van der Waals surface area contributed by atoms with Gasteiger partial charge in [0.2, 0.25) is 5.91 Å². The van der Waals surface area contributed by atoms with E-state index in [1.165, 1.54) is 37.3 Å². The van der Waals surface area contributed by atoms with Crippen molar-refractivity contribution in [1.82, 2.24) is 4.90 Å². The number of rotatable bonds is 9. The highest BCUT2D eigenvalue weighted by molar-refractivity contribution is 7.92. The minimum Gasteiger partial charge on any atom is -0.493 e. The predicted molar refractivity (Wildman–Crippen MR) is 128 cm³/mol. The summed E-state index contributed by atoms with van der Waals surface area (Å²) in [4.78, 5) is 14.6. The Hall–Kier alpha value is -3.23. The van der Waals surface area contributed by atoms with Crippen LogP contribution in [0.25, 0.3) is 0 Å². The first-order chi connectivity index (χ1) is 15.8. The fourth-order valence-electron chi connectivity index (χ4n) is 3.21. The molecule has 0 saturated carbocycles. The van der Waals surface area contributed by atoms with E-state index < -0.39 is 16.6 Å². The number of hydrogen-bond donors (Lipinski definition) is 0. The summed E-state index contributed by atoms with van der Waals surface area (Å²) < 4.78 is 38.7. The molecule has 0 atom stereocenters. The molecule has 0 bridgehead atoms. The Morgan fingerprint density at radius 3 is 2.15 bits per heavy atom. The Kier molecular flexibility index (Phi) is 7.84. The van der Waals surface area contributed by atoms with Gasteiger partial charge in [-0.25, -0.2) is 8.42 Å². The number of sulfonamides is 1. The summed E-state index contributed by atoms with van der Waals surface area (Å²) >= 11 is 5.93. The highest BCUT2D eigenvalue weighted by Gasteiger charge is 2.29. The molecule has 0 spiro atoms. The van der Waals surface area contributed by atoms with Crippen LogP contribution in [0.5, 0.6) is 11.5 Å². The van der Waals surface area contributed by atoms with Crippen LogP contribution in [-0.4, -0.2) is 47.0 Å². The Bertz CT molecular complexity index is 1200. The van der Waals surface area contributed by atoms with Crippen LogP contribution in [0.1, 0.15) is 5.56 Å². The topological polar surface area (TPSA) is 76.2 Å². The van der Waals surface area contributed by atoms with Gasteiger partial charge in [-0.3, -0.25) is 9.10 Å². The van der Waals surface area contributed by atoms with Gasteiger partial charge < -0.3 is 14.4 Å². The maximum absolute atomic E-state index is 13.5. The van der Waals surface area contributed by atoms with E-state index in [2.05, 4.69) is 0 Å². The molecule has 9 heteroatoms. The van der Waals surface area contributed by atoms with Gasteiger partial charge in [-0.05, 0) is 42.0 Å². The van der Waals surface area contributed by atoms with Crippen LogP contribution in [0.4, 0.5) is 5.69 Å². The SMILES string of the molecule is COc1ccc(N(CC(=O)N(C)Cc2ccc(Cl)cc2)S(=O)(=O)c2ccccc2)cc1OC. The molecule has 0 radical (unpaired) electrons. The van der Waals surface area contributed by atoms with Crippen molar-refractivity contribution in [2.24, 2.45) is 0 Å². The van der Waals surface area contributed by atoms with E-state index in [0.717, 1.165) is 9.87 Å². The summed E-state index contributed by atoms with van der Waals surface area (Å²) in [6, 6.07) is 19.8. The molecule has 33 heavy (non-hydrogen) atoms. The van der Waals surface area contributed by atoms with Crippen molar-refractivity contribution in [3.63, 3.8) is 0 Å². The van der Waals surface area contributed by atoms with Crippen molar-refractivity contribution in [2.75, 3.05) is 32.1 Å². The van der Waals surface area contributed by atoms with Gasteiger partial charge in [0.15, 0.2) is 11.5 Å². The summed E-state index contributed by atoms with van der Waals surface area (Å²) in [5.74, 6) is 0.425. The summed E-state index contributed by atoms with van der Waals surface area (Å²) in [7, 11) is 0.543. The number of nitrogens with zero attached hydrogens (tertiary/aromatic N) is 2. The van der Waals surface area contributed by atoms with Crippen LogP contribution in [0.2, 0.25) is 5.02 Å².